The van der Waals surface area contributed by atoms with Gasteiger partial charge in [-0.1, -0.05) is 17.7 Å². The molecular formula is C26H18ClN3O5. The Morgan fingerprint density at radius 2 is 1.60 bits per heavy atom. The monoisotopic (exact) mass is 487 g/mol. The number of furan rings is 2. The molecule has 0 aliphatic heterocycles. The highest BCUT2D eigenvalue weighted by molar-refractivity contribution is 6.31. The Hall–Kier alpha value is -4.43. The first-order valence-electron chi connectivity index (χ1n) is 10.6. The molecule has 0 fully saturated rings. The maximum absolute atomic E-state index is 12.6. The van der Waals surface area contributed by atoms with E-state index >= 15 is 0 Å². The number of nitrogens with zero attached hydrogens (tertiary/aromatic N) is 2. The highest BCUT2D eigenvalue weighted by atomic mass is 35.5. The minimum absolute atomic E-state index is 0.231. The molecule has 174 valence electrons. The average Bonchev–Trinajstić information content (AvgIpc) is 3.59. The number of amides is 1. The molecule has 0 saturated carbocycles. The number of carbonyl (C=O) groups is 2. The van der Waals surface area contributed by atoms with Crippen molar-refractivity contribution in [3.8, 4) is 22.9 Å². The van der Waals surface area contributed by atoms with Crippen LogP contribution in [0.4, 0.5) is 5.69 Å². The van der Waals surface area contributed by atoms with Gasteiger partial charge in [-0.05, 0) is 67.1 Å². The van der Waals surface area contributed by atoms with E-state index in [0.717, 1.165) is 5.56 Å². The predicted octanol–water partition coefficient (Wildman–Crippen LogP) is 5.91. The number of ether oxygens (including phenoxy) is 1. The van der Waals surface area contributed by atoms with Crippen LogP contribution in [0.2, 0.25) is 5.02 Å². The zero-order chi connectivity index (χ0) is 24.4. The summed E-state index contributed by atoms with van der Waals surface area (Å²) < 4.78 is 16.2. The first-order valence-corrected chi connectivity index (χ1v) is 11.0. The number of hydrogen-bond donors (Lipinski definition) is 1. The van der Waals surface area contributed by atoms with Gasteiger partial charge < -0.3 is 18.9 Å². The van der Waals surface area contributed by atoms with Crippen LogP contribution >= 0.6 is 11.6 Å². The van der Waals surface area contributed by atoms with Crippen LogP contribution in [0.3, 0.4) is 0 Å². The number of benzene rings is 2. The van der Waals surface area contributed by atoms with E-state index in [1.165, 1.54) is 6.26 Å². The van der Waals surface area contributed by atoms with Gasteiger partial charge in [0.15, 0.2) is 18.1 Å². The van der Waals surface area contributed by atoms with Gasteiger partial charge in [0.2, 0.25) is 0 Å². The Balaban J connectivity index is 1.37. The largest absolute Gasteiger partial charge is 0.463 e. The summed E-state index contributed by atoms with van der Waals surface area (Å²) in [6.45, 7) is 1.33. The summed E-state index contributed by atoms with van der Waals surface area (Å²) in [5.41, 5.74) is 3.51. The van der Waals surface area contributed by atoms with Crippen LogP contribution in [0.5, 0.6) is 0 Å². The van der Waals surface area contributed by atoms with Crippen molar-refractivity contribution in [2.24, 2.45) is 0 Å². The van der Waals surface area contributed by atoms with Gasteiger partial charge in [-0.3, -0.25) is 4.79 Å². The minimum Gasteiger partial charge on any atom is -0.463 e. The maximum Gasteiger partial charge on any atom is 0.338 e. The molecule has 5 aromatic rings. The smallest absolute Gasteiger partial charge is 0.338 e. The molecule has 0 aliphatic rings. The molecule has 9 heteroatoms. The van der Waals surface area contributed by atoms with Crippen molar-refractivity contribution in [2.45, 2.75) is 6.92 Å². The van der Waals surface area contributed by atoms with Crippen molar-refractivity contribution in [1.82, 2.24) is 9.97 Å². The van der Waals surface area contributed by atoms with Crippen LogP contribution in [0, 0.1) is 6.92 Å². The molecule has 1 amide bonds. The summed E-state index contributed by atoms with van der Waals surface area (Å²) in [5, 5.41) is 3.22. The summed E-state index contributed by atoms with van der Waals surface area (Å²) in [6, 6.07) is 17.0. The van der Waals surface area contributed by atoms with E-state index in [4.69, 9.17) is 25.2 Å². The average molecular weight is 488 g/mol. The standard InChI is InChI=1S/C26H18ClN3O5/c1-15-17(27)5-2-6-18(15)28-23(31)14-35-26(32)16-9-10-19-20(13-16)30-25(22-8-4-12-34-22)24(29-19)21-7-3-11-33-21/h2-13H,14H2,1H3,(H,28,31). The number of rotatable bonds is 6. The molecule has 0 radical (unpaired) electrons. The molecule has 35 heavy (non-hydrogen) atoms. The SMILES string of the molecule is Cc1c(Cl)cccc1NC(=O)COC(=O)c1ccc2nc(-c3ccco3)c(-c3ccco3)nc2c1. The summed E-state index contributed by atoms with van der Waals surface area (Å²) in [7, 11) is 0. The zero-order valence-corrected chi connectivity index (χ0v) is 19.2. The number of anilines is 1. The fourth-order valence-corrected chi connectivity index (χ4v) is 3.67. The van der Waals surface area contributed by atoms with Crippen molar-refractivity contribution in [3.63, 3.8) is 0 Å². The zero-order valence-electron chi connectivity index (χ0n) is 18.4. The molecule has 3 heterocycles. The Morgan fingerprint density at radius 1 is 0.914 bits per heavy atom. The van der Waals surface area contributed by atoms with Gasteiger partial charge in [0.25, 0.3) is 5.91 Å². The third-order valence-electron chi connectivity index (χ3n) is 5.29. The molecular weight excluding hydrogens is 470 g/mol. The first kappa shape index (κ1) is 22.4. The van der Waals surface area contributed by atoms with Crippen LogP contribution in [-0.2, 0) is 9.53 Å². The predicted molar refractivity (Wildman–Crippen MR) is 130 cm³/mol. The molecule has 0 aliphatic carbocycles. The second kappa shape index (κ2) is 9.44. The van der Waals surface area contributed by atoms with Gasteiger partial charge in [0, 0.05) is 10.7 Å². The molecule has 5 rings (SSSR count). The number of hydrogen-bond acceptors (Lipinski definition) is 7. The summed E-state index contributed by atoms with van der Waals surface area (Å²) in [6.07, 6.45) is 3.09. The molecule has 0 saturated heterocycles. The van der Waals surface area contributed by atoms with Crippen LogP contribution < -0.4 is 5.32 Å². The van der Waals surface area contributed by atoms with E-state index in [0.29, 0.717) is 44.7 Å². The van der Waals surface area contributed by atoms with Gasteiger partial charge in [-0.25, -0.2) is 14.8 Å². The lowest BCUT2D eigenvalue weighted by Gasteiger charge is -2.10. The van der Waals surface area contributed by atoms with Crippen LogP contribution in [-0.4, -0.2) is 28.5 Å². The van der Waals surface area contributed by atoms with E-state index in [1.54, 1.807) is 73.9 Å². The third-order valence-corrected chi connectivity index (χ3v) is 5.69. The van der Waals surface area contributed by atoms with Crippen molar-refractivity contribution in [1.29, 1.82) is 0 Å². The Morgan fingerprint density at radius 3 is 2.26 bits per heavy atom. The van der Waals surface area contributed by atoms with E-state index in [1.807, 2.05) is 0 Å². The van der Waals surface area contributed by atoms with Crippen LogP contribution in [0.1, 0.15) is 15.9 Å². The highest BCUT2D eigenvalue weighted by Gasteiger charge is 2.19. The number of halogens is 1. The second-order valence-corrected chi connectivity index (χ2v) is 8.02. The van der Waals surface area contributed by atoms with Gasteiger partial charge in [-0.2, -0.15) is 0 Å². The van der Waals surface area contributed by atoms with E-state index in [2.05, 4.69) is 15.3 Å². The fourth-order valence-electron chi connectivity index (χ4n) is 3.50. The molecule has 0 spiro atoms. The maximum atomic E-state index is 12.6. The number of aromatic nitrogens is 2. The molecule has 2 aromatic carbocycles. The molecule has 3 aromatic heterocycles. The lowest BCUT2D eigenvalue weighted by molar-refractivity contribution is -0.119. The second-order valence-electron chi connectivity index (χ2n) is 7.62. The number of esters is 1. The molecule has 0 atom stereocenters. The topological polar surface area (TPSA) is 107 Å². The van der Waals surface area contributed by atoms with Crippen molar-refractivity contribution < 1.29 is 23.2 Å². The summed E-state index contributed by atoms with van der Waals surface area (Å²) in [5.74, 6) is -0.101. The molecule has 8 nitrogen and oxygen atoms in total. The molecule has 0 unspecified atom stereocenters. The van der Waals surface area contributed by atoms with E-state index in [-0.39, 0.29) is 5.56 Å². The number of fused-ring (bicyclic) bond motifs is 1. The lowest BCUT2D eigenvalue weighted by atomic mass is 10.1. The highest BCUT2D eigenvalue weighted by Crippen LogP contribution is 2.31. The van der Waals surface area contributed by atoms with Crippen LogP contribution in [0.25, 0.3) is 33.9 Å². The quantitative estimate of drug-likeness (QED) is 0.297. The number of nitrogens with one attached hydrogen (secondary N) is 1. The van der Waals surface area contributed by atoms with Crippen molar-refractivity contribution in [3.05, 3.63) is 89.3 Å². The van der Waals surface area contributed by atoms with Gasteiger partial charge in [-0.15, -0.1) is 0 Å². The summed E-state index contributed by atoms with van der Waals surface area (Å²) in [4.78, 5) is 34.2. The van der Waals surface area contributed by atoms with Gasteiger partial charge in [0.1, 0.15) is 11.4 Å². The fraction of sp³-hybridized carbons (Fsp3) is 0.0769. The summed E-state index contributed by atoms with van der Waals surface area (Å²) >= 11 is 6.08. The Kier molecular flexibility index (Phi) is 6.03. The van der Waals surface area contributed by atoms with Crippen LogP contribution in [0.15, 0.2) is 82.0 Å². The third kappa shape index (κ3) is 4.64. The van der Waals surface area contributed by atoms with Crippen molar-refractivity contribution >= 4 is 40.2 Å². The normalized spacial score (nSPS) is 10.9. The van der Waals surface area contributed by atoms with Gasteiger partial charge >= 0.3 is 5.97 Å². The minimum atomic E-state index is -0.665. The number of carbonyl (C=O) groups excluding carboxylic acids is 2. The lowest BCUT2D eigenvalue weighted by Crippen LogP contribution is -2.21. The van der Waals surface area contributed by atoms with Crippen molar-refractivity contribution in [2.75, 3.05) is 11.9 Å². The van der Waals surface area contributed by atoms with E-state index in [9.17, 15) is 9.59 Å². The molecule has 0 bridgehead atoms. The Labute approximate surface area is 204 Å². The van der Waals surface area contributed by atoms with E-state index < -0.39 is 18.5 Å². The first-order chi connectivity index (χ1) is 17.0. The van der Waals surface area contributed by atoms with Gasteiger partial charge in [0.05, 0.1) is 29.1 Å². The Bertz CT molecular complexity index is 1530. The molecule has 1 N–H and O–H groups in total.